The molecule has 3 aromatic rings. The molecule has 2 aliphatic heterocycles. The number of fused-ring (bicyclic) bond motifs is 2. The molecule has 0 amide bonds. The fourth-order valence-electron chi connectivity index (χ4n) is 4.12. The number of aromatic amines is 1. The van der Waals surface area contributed by atoms with Crippen LogP contribution in [0.1, 0.15) is 11.1 Å². The number of morpholine rings is 1. The monoisotopic (exact) mass is 414 g/mol. The smallest absolute Gasteiger partial charge is 0.250 e. The summed E-state index contributed by atoms with van der Waals surface area (Å²) in [4.78, 5) is 17.6. The summed E-state index contributed by atoms with van der Waals surface area (Å²) in [5.74, 6) is 1.55. The van der Waals surface area contributed by atoms with Crippen molar-refractivity contribution in [3.8, 4) is 28.8 Å². The summed E-state index contributed by atoms with van der Waals surface area (Å²) in [6.45, 7) is 3.11. The Bertz CT molecular complexity index is 1220. The maximum Gasteiger partial charge on any atom is 0.250 e. The third-order valence-electron chi connectivity index (χ3n) is 5.62. The van der Waals surface area contributed by atoms with Crippen molar-refractivity contribution >= 4 is 11.4 Å². The van der Waals surface area contributed by atoms with Gasteiger partial charge in [0.2, 0.25) is 5.56 Å². The molecule has 0 unspecified atom stereocenters. The normalized spacial score (nSPS) is 14.7. The van der Waals surface area contributed by atoms with Crippen molar-refractivity contribution in [2.75, 3.05) is 43.1 Å². The molecular weight excluding hydrogens is 392 g/mol. The van der Waals surface area contributed by atoms with Crippen molar-refractivity contribution in [2.45, 2.75) is 6.42 Å². The minimum Gasteiger partial charge on any atom is -0.456 e. The topological polar surface area (TPSA) is 90.4 Å². The lowest BCUT2D eigenvalue weighted by molar-refractivity contribution is 0.122. The van der Waals surface area contributed by atoms with Gasteiger partial charge in [-0.2, -0.15) is 5.26 Å². The molecule has 1 aromatic heterocycles. The van der Waals surface area contributed by atoms with Gasteiger partial charge in [0.1, 0.15) is 18.0 Å². The summed E-state index contributed by atoms with van der Waals surface area (Å²) in [6, 6.07) is 17.6. The zero-order valence-electron chi connectivity index (χ0n) is 17.0. The zero-order chi connectivity index (χ0) is 21.2. The van der Waals surface area contributed by atoms with Crippen molar-refractivity contribution in [3.05, 3.63) is 70.0 Å². The van der Waals surface area contributed by atoms with Crippen molar-refractivity contribution in [1.82, 2.24) is 4.98 Å². The second-order valence-electron chi connectivity index (χ2n) is 7.62. The van der Waals surface area contributed by atoms with Gasteiger partial charge in [-0.25, -0.2) is 0 Å². The molecule has 156 valence electrons. The fraction of sp³-hybridized carbons (Fsp3) is 0.250. The van der Waals surface area contributed by atoms with E-state index in [9.17, 15) is 4.79 Å². The van der Waals surface area contributed by atoms with Gasteiger partial charge in [-0.3, -0.25) is 4.79 Å². The number of nitrogens with one attached hydrogen (secondary N) is 2. The van der Waals surface area contributed by atoms with Gasteiger partial charge in [-0.05, 0) is 35.9 Å². The Morgan fingerprint density at radius 1 is 1.10 bits per heavy atom. The molecule has 3 heterocycles. The van der Waals surface area contributed by atoms with E-state index in [2.05, 4.69) is 21.3 Å². The number of hydrogen-bond donors (Lipinski definition) is 2. The Labute approximate surface area is 179 Å². The summed E-state index contributed by atoms with van der Waals surface area (Å²) in [6.07, 6.45) is 0.716. The van der Waals surface area contributed by atoms with Crippen LogP contribution < -0.4 is 20.5 Å². The third kappa shape index (κ3) is 3.86. The highest BCUT2D eigenvalue weighted by atomic mass is 16.5. The maximum absolute atomic E-state index is 12.4. The molecule has 5 rings (SSSR count). The molecule has 7 heteroatoms. The second kappa shape index (κ2) is 8.17. The van der Waals surface area contributed by atoms with Crippen LogP contribution in [0.5, 0.6) is 11.5 Å². The quantitative estimate of drug-likeness (QED) is 0.497. The summed E-state index contributed by atoms with van der Waals surface area (Å²) >= 11 is 0. The Kier molecular flexibility index (Phi) is 5.06. The van der Waals surface area contributed by atoms with Gasteiger partial charge in [0.15, 0.2) is 0 Å². The second-order valence-corrected chi connectivity index (χ2v) is 7.62. The first-order valence-corrected chi connectivity index (χ1v) is 10.3. The van der Waals surface area contributed by atoms with Crippen molar-refractivity contribution in [1.29, 1.82) is 5.26 Å². The molecule has 2 aliphatic rings. The van der Waals surface area contributed by atoms with E-state index in [1.165, 1.54) is 0 Å². The third-order valence-corrected chi connectivity index (χ3v) is 5.62. The van der Waals surface area contributed by atoms with Crippen LogP contribution in [0.2, 0.25) is 0 Å². The number of benzene rings is 2. The van der Waals surface area contributed by atoms with Crippen LogP contribution in [0.15, 0.2) is 53.3 Å². The molecule has 0 bridgehead atoms. The molecule has 0 atom stereocenters. The molecule has 1 fully saturated rings. The van der Waals surface area contributed by atoms with E-state index in [-0.39, 0.29) is 12.1 Å². The molecule has 1 saturated heterocycles. The number of hydrogen-bond acceptors (Lipinski definition) is 6. The minimum atomic E-state index is -0.138. The van der Waals surface area contributed by atoms with Gasteiger partial charge < -0.3 is 24.7 Å². The van der Waals surface area contributed by atoms with Crippen LogP contribution in [0.25, 0.3) is 11.3 Å². The number of para-hydroxylation sites is 1. The van der Waals surface area contributed by atoms with E-state index in [4.69, 9.17) is 14.7 Å². The number of pyridine rings is 1. The highest BCUT2D eigenvalue weighted by Gasteiger charge is 2.22. The predicted molar refractivity (Wildman–Crippen MR) is 119 cm³/mol. The first-order chi connectivity index (χ1) is 15.2. The average molecular weight is 414 g/mol. The lowest BCUT2D eigenvalue weighted by atomic mass is 9.96. The fourth-order valence-corrected chi connectivity index (χ4v) is 4.12. The van der Waals surface area contributed by atoms with Crippen LogP contribution in [-0.2, 0) is 11.2 Å². The predicted octanol–water partition coefficient (Wildman–Crippen LogP) is 3.51. The van der Waals surface area contributed by atoms with E-state index in [1.807, 2.05) is 42.5 Å². The Morgan fingerprint density at radius 2 is 1.97 bits per heavy atom. The number of nitriles is 1. The summed E-state index contributed by atoms with van der Waals surface area (Å²) < 4.78 is 11.7. The molecular formula is C24H22N4O3. The van der Waals surface area contributed by atoms with Gasteiger partial charge in [0, 0.05) is 48.1 Å². The Hall–Kier alpha value is -3.76. The lowest BCUT2D eigenvalue weighted by Gasteiger charge is -2.29. The SMILES string of the molecule is N#CCNc1ccc2c(c1)Cc1cccc(-c3cc(N4CCOCC4)cc(=O)[nH]3)c1O2. The number of nitrogens with zero attached hydrogens (tertiary/aromatic N) is 2. The molecule has 2 N–H and O–H groups in total. The van der Waals surface area contributed by atoms with Gasteiger partial charge in [-0.15, -0.1) is 0 Å². The Morgan fingerprint density at radius 3 is 2.81 bits per heavy atom. The van der Waals surface area contributed by atoms with Gasteiger partial charge >= 0.3 is 0 Å². The first-order valence-electron chi connectivity index (χ1n) is 10.3. The minimum absolute atomic E-state index is 0.138. The van der Waals surface area contributed by atoms with E-state index >= 15 is 0 Å². The van der Waals surface area contributed by atoms with E-state index in [1.54, 1.807) is 6.07 Å². The molecule has 0 saturated carbocycles. The maximum atomic E-state index is 12.4. The highest BCUT2D eigenvalue weighted by Crippen LogP contribution is 2.43. The summed E-state index contributed by atoms with van der Waals surface area (Å²) in [5.41, 5.74) is 5.36. The van der Waals surface area contributed by atoms with Crippen LogP contribution in [-0.4, -0.2) is 37.8 Å². The molecule has 2 aromatic carbocycles. The van der Waals surface area contributed by atoms with Crippen molar-refractivity contribution < 1.29 is 9.47 Å². The highest BCUT2D eigenvalue weighted by molar-refractivity contribution is 5.74. The number of rotatable bonds is 4. The first kappa shape index (κ1) is 19.2. The zero-order valence-corrected chi connectivity index (χ0v) is 17.0. The van der Waals surface area contributed by atoms with E-state index in [0.29, 0.717) is 19.6 Å². The van der Waals surface area contributed by atoms with Crippen LogP contribution in [0, 0.1) is 11.3 Å². The van der Waals surface area contributed by atoms with Gasteiger partial charge in [0.25, 0.3) is 0 Å². The molecule has 7 nitrogen and oxygen atoms in total. The van der Waals surface area contributed by atoms with Crippen LogP contribution in [0.3, 0.4) is 0 Å². The number of anilines is 2. The van der Waals surface area contributed by atoms with E-state index in [0.717, 1.165) is 58.3 Å². The van der Waals surface area contributed by atoms with Gasteiger partial charge in [-0.1, -0.05) is 12.1 Å². The largest absolute Gasteiger partial charge is 0.456 e. The van der Waals surface area contributed by atoms with Crippen LogP contribution in [0.4, 0.5) is 11.4 Å². The lowest BCUT2D eigenvalue weighted by Crippen LogP contribution is -2.36. The Balaban J connectivity index is 1.50. The molecule has 0 aliphatic carbocycles. The summed E-state index contributed by atoms with van der Waals surface area (Å²) in [7, 11) is 0. The number of aromatic nitrogens is 1. The molecule has 0 radical (unpaired) electrons. The average Bonchev–Trinajstić information content (AvgIpc) is 2.81. The molecule has 0 spiro atoms. The van der Waals surface area contributed by atoms with Crippen molar-refractivity contribution in [2.24, 2.45) is 0 Å². The van der Waals surface area contributed by atoms with Crippen LogP contribution >= 0.6 is 0 Å². The number of H-pyrrole nitrogens is 1. The van der Waals surface area contributed by atoms with Gasteiger partial charge in [0.05, 0.1) is 25.0 Å². The summed E-state index contributed by atoms with van der Waals surface area (Å²) in [5, 5.41) is 11.9. The van der Waals surface area contributed by atoms with E-state index < -0.39 is 0 Å². The standard InChI is InChI=1S/C24H22N4O3/c25-6-7-26-18-4-5-22-17(13-18)12-16-2-1-3-20(24(16)31-22)21-14-19(15-23(29)27-21)28-8-10-30-11-9-28/h1-5,13-15,26H,7-12H2,(H,27,29). The number of ether oxygens (including phenoxy) is 2. The molecule has 31 heavy (non-hydrogen) atoms. The van der Waals surface area contributed by atoms with Crippen molar-refractivity contribution in [3.63, 3.8) is 0 Å².